The van der Waals surface area contributed by atoms with Crippen LogP contribution in [0.1, 0.15) is 80.1 Å². The smallest absolute Gasteiger partial charge is 0.302 e. The predicted octanol–water partition coefficient (Wildman–Crippen LogP) is 5.06. The van der Waals surface area contributed by atoms with Crippen LogP contribution >= 0.6 is 0 Å². The van der Waals surface area contributed by atoms with Crippen LogP contribution in [0.2, 0.25) is 0 Å². The van der Waals surface area contributed by atoms with E-state index in [1.807, 2.05) is 19.9 Å². The number of Topliss-reactive ketones (excluding diaryl/α,β-unsaturated/α-hetero) is 1. The summed E-state index contributed by atoms with van der Waals surface area (Å²) in [5.41, 5.74) is 0.177. The summed E-state index contributed by atoms with van der Waals surface area (Å²) in [5.74, 6) is -0.0283. The molecule has 0 bridgehead atoms. The van der Waals surface area contributed by atoms with Crippen LogP contribution in [-0.4, -0.2) is 34.9 Å². The van der Waals surface area contributed by atoms with E-state index < -0.39 is 18.1 Å². The first-order valence-electron chi connectivity index (χ1n) is 13.6. The maximum Gasteiger partial charge on any atom is 0.302 e. The van der Waals surface area contributed by atoms with E-state index in [9.17, 15) is 19.5 Å². The molecule has 0 heterocycles. The Labute approximate surface area is 209 Å². The maximum absolute atomic E-state index is 13.3. The minimum atomic E-state index is -1.23. The Hall–Kier alpha value is -1.75. The molecular weight excluding hydrogens is 440 g/mol. The Bertz CT molecular complexity index is 1030. The lowest BCUT2D eigenvalue weighted by molar-refractivity contribution is -0.158. The number of fused-ring (bicyclic) bond motifs is 2. The van der Waals surface area contributed by atoms with Gasteiger partial charge in [-0.2, -0.15) is 0 Å². The molecule has 0 radical (unpaired) electrons. The van der Waals surface area contributed by atoms with Crippen molar-refractivity contribution in [3.8, 4) is 0 Å². The number of allylic oxidation sites excluding steroid dienone is 2. The second kappa shape index (κ2) is 7.63. The van der Waals surface area contributed by atoms with Gasteiger partial charge in [0, 0.05) is 18.8 Å². The van der Waals surface area contributed by atoms with E-state index in [0.717, 1.165) is 32.1 Å². The van der Waals surface area contributed by atoms with Crippen molar-refractivity contribution in [3.05, 3.63) is 24.3 Å². The van der Waals surface area contributed by atoms with Crippen LogP contribution in [0.3, 0.4) is 0 Å². The Balaban J connectivity index is 1.54. The third kappa shape index (κ3) is 3.00. The van der Waals surface area contributed by atoms with Gasteiger partial charge in [-0.1, -0.05) is 47.3 Å². The molecule has 5 rings (SSSR count). The van der Waals surface area contributed by atoms with Gasteiger partial charge in [0.1, 0.15) is 12.2 Å². The number of ketones is 2. The quantitative estimate of drug-likeness (QED) is 0.437. The minimum absolute atomic E-state index is 0.0519. The molecule has 5 aliphatic rings. The molecule has 1 N–H and O–H groups in total. The zero-order valence-electron chi connectivity index (χ0n) is 22.2. The van der Waals surface area contributed by atoms with Crippen molar-refractivity contribution in [2.24, 2.45) is 51.2 Å². The van der Waals surface area contributed by atoms with Gasteiger partial charge in [0.15, 0.2) is 11.6 Å². The number of ether oxygens (including phenoxy) is 1. The molecule has 10 atom stereocenters. The molecule has 0 aliphatic heterocycles. The molecule has 5 nitrogen and oxygen atoms in total. The molecule has 35 heavy (non-hydrogen) atoms. The van der Waals surface area contributed by atoms with E-state index in [-0.39, 0.29) is 51.0 Å². The molecule has 5 aliphatic carbocycles. The van der Waals surface area contributed by atoms with Crippen LogP contribution < -0.4 is 0 Å². The van der Waals surface area contributed by atoms with E-state index in [2.05, 4.69) is 33.4 Å². The lowest BCUT2D eigenvalue weighted by Crippen LogP contribution is -2.56. The highest BCUT2D eigenvalue weighted by molar-refractivity contribution is 5.98. The van der Waals surface area contributed by atoms with Gasteiger partial charge in [-0.3, -0.25) is 14.4 Å². The number of hydrogen-bond donors (Lipinski definition) is 1. The number of hydrogen-bond acceptors (Lipinski definition) is 5. The number of aliphatic hydroxyl groups is 1. The van der Waals surface area contributed by atoms with Crippen LogP contribution in [0.4, 0.5) is 0 Å². The first kappa shape index (κ1) is 24.9. The molecule has 0 aromatic heterocycles. The zero-order valence-corrected chi connectivity index (χ0v) is 22.2. The highest BCUT2D eigenvalue weighted by atomic mass is 16.5. The fourth-order valence-corrected chi connectivity index (χ4v) is 9.92. The molecule has 4 fully saturated rings. The molecule has 0 aromatic rings. The van der Waals surface area contributed by atoms with E-state index in [4.69, 9.17) is 4.74 Å². The van der Waals surface area contributed by atoms with Crippen LogP contribution in [0, 0.1) is 51.2 Å². The van der Waals surface area contributed by atoms with Crippen molar-refractivity contribution in [2.75, 3.05) is 0 Å². The second-order valence-corrected chi connectivity index (χ2v) is 13.3. The first-order chi connectivity index (χ1) is 16.3. The van der Waals surface area contributed by atoms with Gasteiger partial charge in [0.25, 0.3) is 0 Å². The monoisotopic (exact) mass is 482 g/mol. The molecule has 5 heteroatoms. The van der Waals surface area contributed by atoms with E-state index in [0.29, 0.717) is 23.8 Å². The van der Waals surface area contributed by atoms with Gasteiger partial charge in [-0.25, -0.2) is 0 Å². The third-order valence-electron chi connectivity index (χ3n) is 12.0. The summed E-state index contributed by atoms with van der Waals surface area (Å²) in [6.07, 6.45) is 8.15. The molecule has 0 saturated heterocycles. The van der Waals surface area contributed by atoms with E-state index in [1.165, 1.54) is 6.92 Å². The summed E-state index contributed by atoms with van der Waals surface area (Å²) in [5, 5.41) is 11.5. The fourth-order valence-electron chi connectivity index (χ4n) is 9.92. The van der Waals surface area contributed by atoms with Crippen molar-refractivity contribution in [3.63, 3.8) is 0 Å². The number of carbonyl (C=O) groups is 3. The highest BCUT2D eigenvalue weighted by Gasteiger charge is 2.82. The molecular formula is C30H42O5. The van der Waals surface area contributed by atoms with Crippen LogP contribution in [0.15, 0.2) is 24.3 Å². The van der Waals surface area contributed by atoms with Gasteiger partial charge >= 0.3 is 5.97 Å². The Morgan fingerprint density at radius 3 is 2.49 bits per heavy atom. The topological polar surface area (TPSA) is 80.7 Å². The number of rotatable bonds is 5. The average Bonchev–Trinajstić information content (AvgIpc) is 3.39. The van der Waals surface area contributed by atoms with Crippen molar-refractivity contribution >= 4 is 17.5 Å². The van der Waals surface area contributed by atoms with Crippen LogP contribution in [-0.2, 0) is 19.1 Å². The van der Waals surface area contributed by atoms with Gasteiger partial charge in [-0.05, 0) is 89.6 Å². The second-order valence-electron chi connectivity index (χ2n) is 13.3. The molecule has 1 unspecified atom stereocenters. The van der Waals surface area contributed by atoms with Crippen LogP contribution in [0.5, 0.6) is 0 Å². The largest absolute Gasteiger partial charge is 0.462 e. The zero-order chi connectivity index (χ0) is 25.7. The van der Waals surface area contributed by atoms with Gasteiger partial charge in [0.2, 0.25) is 0 Å². The van der Waals surface area contributed by atoms with E-state index in [1.54, 1.807) is 0 Å². The fraction of sp³-hybridized carbons (Fsp3) is 0.767. The van der Waals surface area contributed by atoms with Crippen molar-refractivity contribution in [2.45, 2.75) is 92.3 Å². The molecule has 192 valence electrons. The van der Waals surface area contributed by atoms with Crippen molar-refractivity contribution in [1.29, 1.82) is 0 Å². The number of aliphatic hydroxyl groups excluding tert-OH is 1. The number of carbonyl (C=O) groups excluding carboxylic acids is 3. The summed E-state index contributed by atoms with van der Waals surface area (Å²) >= 11 is 0. The Morgan fingerprint density at radius 1 is 1.17 bits per heavy atom. The Morgan fingerprint density at radius 2 is 1.86 bits per heavy atom. The first-order valence-corrected chi connectivity index (χ1v) is 13.6. The standard InChI is InChI=1S/C30H42O5/c1-16(2)17(3)25(33)26(34)24-22(35-19(5)31)14-28(7)23-9-8-20-18(4)21(32)10-11-29(20)15-30(23,29)13-12-27(24,28)6/h10-11,16,18,20,22-24,26,34H,3,8-9,12-15H2,1-2,4-7H3/t18-,20-,22-,23-,24?,26+,27+,28-,29+,30-/m0/s1. The molecule has 2 spiro atoms. The van der Waals surface area contributed by atoms with Gasteiger partial charge in [-0.15, -0.1) is 0 Å². The summed E-state index contributed by atoms with van der Waals surface area (Å²) in [7, 11) is 0. The summed E-state index contributed by atoms with van der Waals surface area (Å²) in [4.78, 5) is 37.9. The summed E-state index contributed by atoms with van der Waals surface area (Å²) < 4.78 is 5.88. The third-order valence-corrected chi connectivity index (χ3v) is 12.0. The molecule has 4 saturated carbocycles. The average molecular weight is 483 g/mol. The highest BCUT2D eigenvalue weighted by Crippen LogP contribution is 2.87. The van der Waals surface area contributed by atoms with Gasteiger partial charge in [0.05, 0.1) is 0 Å². The molecule has 0 amide bonds. The predicted molar refractivity (Wildman–Crippen MR) is 133 cm³/mol. The van der Waals surface area contributed by atoms with Crippen molar-refractivity contribution in [1.82, 2.24) is 0 Å². The Kier molecular flexibility index (Phi) is 5.43. The normalized spacial score (nSPS) is 48.3. The van der Waals surface area contributed by atoms with Crippen LogP contribution in [0.25, 0.3) is 0 Å². The SMILES string of the molecule is C=C(C(=O)[C@H](O)C1[C@@H](OC(C)=O)C[C@@]2(C)[C@@H]3CC[C@H]4[C@H](C)C(=O)C=C[C@@]45C[C@@]35CC[C@]12C)C(C)C. The summed E-state index contributed by atoms with van der Waals surface area (Å²) in [6, 6.07) is 0. The van der Waals surface area contributed by atoms with Gasteiger partial charge < -0.3 is 9.84 Å². The lowest BCUT2D eigenvalue weighted by atomic mass is 9.43. The maximum atomic E-state index is 13.3. The van der Waals surface area contributed by atoms with E-state index >= 15 is 0 Å². The minimum Gasteiger partial charge on any atom is -0.462 e. The summed E-state index contributed by atoms with van der Waals surface area (Å²) in [6.45, 7) is 15.9. The van der Waals surface area contributed by atoms with Crippen molar-refractivity contribution < 1.29 is 24.2 Å². The number of esters is 1. The lowest BCUT2D eigenvalue weighted by Gasteiger charge is -2.60. The molecule has 0 aromatic carbocycles.